The van der Waals surface area contributed by atoms with Crippen LogP contribution < -0.4 is 5.73 Å². The summed E-state index contributed by atoms with van der Waals surface area (Å²) in [6, 6.07) is -0.830. The molecule has 0 aromatic heterocycles. The zero-order valence-corrected chi connectivity index (χ0v) is 10.9. The molecule has 1 heterocycles. The first kappa shape index (κ1) is 14.2. The molecule has 1 aliphatic heterocycles. The van der Waals surface area contributed by atoms with Crippen molar-refractivity contribution in [2.24, 2.45) is 5.73 Å². The third-order valence-electron chi connectivity index (χ3n) is 3.01. The molecular formula is C11H20N2O3S. The molecule has 1 fully saturated rings. The monoisotopic (exact) mass is 260 g/mol. The second-order valence-corrected chi connectivity index (χ2v) is 6.54. The SMILES string of the molecule is C=CCC(N)C(=O)N(CC)C1CCS(=O)(=O)C1. The molecule has 2 atom stereocenters. The number of sulfone groups is 1. The van der Waals surface area contributed by atoms with Crippen molar-refractivity contribution < 1.29 is 13.2 Å². The van der Waals surface area contributed by atoms with Crippen molar-refractivity contribution >= 4 is 15.7 Å². The molecule has 0 saturated carbocycles. The quantitative estimate of drug-likeness (QED) is 0.701. The van der Waals surface area contributed by atoms with Crippen LogP contribution in [0.25, 0.3) is 0 Å². The minimum atomic E-state index is -2.98. The van der Waals surface area contributed by atoms with Crippen LogP contribution in [-0.4, -0.2) is 49.4 Å². The molecule has 1 saturated heterocycles. The van der Waals surface area contributed by atoms with E-state index in [0.29, 0.717) is 19.4 Å². The zero-order valence-electron chi connectivity index (χ0n) is 10.1. The van der Waals surface area contributed by atoms with E-state index in [-0.39, 0.29) is 23.5 Å². The van der Waals surface area contributed by atoms with Gasteiger partial charge in [-0.25, -0.2) is 8.42 Å². The van der Waals surface area contributed by atoms with Gasteiger partial charge in [-0.1, -0.05) is 6.08 Å². The summed E-state index contributed by atoms with van der Waals surface area (Å²) in [7, 11) is -2.98. The number of hydrogen-bond donors (Lipinski definition) is 1. The number of carbonyl (C=O) groups is 1. The summed E-state index contributed by atoms with van der Waals surface area (Å²) in [5, 5.41) is 0. The van der Waals surface area contributed by atoms with Gasteiger partial charge in [0.2, 0.25) is 5.91 Å². The van der Waals surface area contributed by atoms with Gasteiger partial charge < -0.3 is 10.6 Å². The summed E-state index contributed by atoms with van der Waals surface area (Å²) in [5.74, 6) is 0.0421. The number of hydrogen-bond acceptors (Lipinski definition) is 4. The highest BCUT2D eigenvalue weighted by molar-refractivity contribution is 7.91. The predicted molar refractivity (Wildman–Crippen MR) is 67.2 cm³/mol. The van der Waals surface area contributed by atoms with Crippen molar-refractivity contribution in [2.45, 2.75) is 31.8 Å². The van der Waals surface area contributed by atoms with E-state index in [4.69, 9.17) is 5.73 Å². The van der Waals surface area contributed by atoms with E-state index in [1.54, 1.807) is 11.0 Å². The highest BCUT2D eigenvalue weighted by atomic mass is 32.2. The maximum Gasteiger partial charge on any atom is 0.240 e. The van der Waals surface area contributed by atoms with Crippen molar-refractivity contribution in [3.8, 4) is 0 Å². The first-order valence-corrected chi connectivity index (χ1v) is 7.60. The smallest absolute Gasteiger partial charge is 0.240 e. The van der Waals surface area contributed by atoms with E-state index in [1.807, 2.05) is 6.92 Å². The lowest BCUT2D eigenvalue weighted by atomic mass is 10.1. The topological polar surface area (TPSA) is 80.5 Å². The summed E-state index contributed by atoms with van der Waals surface area (Å²) in [6.45, 7) is 5.87. The van der Waals surface area contributed by atoms with E-state index in [0.717, 1.165) is 0 Å². The van der Waals surface area contributed by atoms with Gasteiger partial charge in [0.05, 0.1) is 17.5 Å². The molecule has 5 nitrogen and oxygen atoms in total. The van der Waals surface area contributed by atoms with Crippen molar-refractivity contribution in [2.75, 3.05) is 18.1 Å². The second kappa shape index (κ2) is 5.64. The number of amides is 1. The Bertz CT molecular complexity index is 392. The third kappa shape index (κ3) is 3.54. The highest BCUT2D eigenvalue weighted by Crippen LogP contribution is 2.18. The Labute approximate surface area is 103 Å². The molecule has 0 bridgehead atoms. The summed E-state index contributed by atoms with van der Waals surface area (Å²) in [6.07, 6.45) is 2.53. The van der Waals surface area contributed by atoms with Gasteiger partial charge in [-0.15, -0.1) is 6.58 Å². The van der Waals surface area contributed by atoms with Gasteiger partial charge >= 0.3 is 0 Å². The van der Waals surface area contributed by atoms with Crippen LogP contribution in [-0.2, 0) is 14.6 Å². The largest absolute Gasteiger partial charge is 0.338 e. The van der Waals surface area contributed by atoms with Gasteiger partial charge in [0.1, 0.15) is 0 Å². The summed E-state index contributed by atoms with van der Waals surface area (Å²) < 4.78 is 22.8. The molecule has 6 heteroatoms. The Balaban J connectivity index is 2.72. The van der Waals surface area contributed by atoms with Crippen molar-refractivity contribution in [1.29, 1.82) is 0 Å². The molecule has 0 aromatic rings. The molecule has 0 radical (unpaired) electrons. The Morgan fingerprint density at radius 1 is 1.65 bits per heavy atom. The number of carbonyl (C=O) groups excluding carboxylic acids is 1. The van der Waals surface area contributed by atoms with Crippen molar-refractivity contribution in [1.82, 2.24) is 4.90 Å². The lowest BCUT2D eigenvalue weighted by Crippen LogP contribution is -2.48. The standard InChI is InChI=1S/C11H20N2O3S/c1-3-5-10(12)11(14)13(4-2)9-6-7-17(15,16)8-9/h3,9-10H,1,4-8,12H2,2H3. The number of nitrogens with two attached hydrogens (primary N) is 1. The van der Waals surface area contributed by atoms with Gasteiger partial charge in [-0.05, 0) is 19.8 Å². The molecule has 0 spiro atoms. The highest BCUT2D eigenvalue weighted by Gasteiger charge is 2.35. The fourth-order valence-electron chi connectivity index (χ4n) is 2.11. The summed E-state index contributed by atoms with van der Waals surface area (Å²) >= 11 is 0. The maximum absolute atomic E-state index is 12.0. The third-order valence-corrected chi connectivity index (χ3v) is 4.76. The number of likely N-dealkylation sites (N-methyl/N-ethyl adjacent to an activating group) is 1. The molecule has 2 N–H and O–H groups in total. The van der Waals surface area contributed by atoms with Crippen LogP contribution in [0.1, 0.15) is 19.8 Å². The van der Waals surface area contributed by atoms with Gasteiger partial charge in [0, 0.05) is 12.6 Å². The molecule has 98 valence electrons. The lowest BCUT2D eigenvalue weighted by molar-refractivity contribution is -0.134. The Hall–Kier alpha value is -0.880. The fraction of sp³-hybridized carbons (Fsp3) is 0.727. The van der Waals surface area contributed by atoms with Crippen LogP contribution in [0.4, 0.5) is 0 Å². The first-order chi connectivity index (χ1) is 7.91. The minimum Gasteiger partial charge on any atom is -0.338 e. The van der Waals surface area contributed by atoms with Gasteiger partial charge in [0.25, 0.3) is 0 Å². The average Bonchev–Trinajstić information content (AvgIpc) is 2.60. The zero-order chi connectivity index (χ0) is 13.1. The van der Waals surface area contributed by atoms with Crippen LogP contribution in [0.5, 0.6) is 0 Å². The lowest BCUT2D eigenvalue weighted by Gasteiger charge is -2.29. The van der Waals surface area contributed by atoms with E-state index in [9.17, 15) is 13.2 Å². The van der Waals surface area contributed by atoms with E-state index < -0.39 is 15.9 Å². The summed E-state index contributed by atoms with van der Waals surface area (Å²) in [4.78, 5) is 13.6. The van der Waals surface area contributed by atoms with Crippen LogP contribution in [0.15, 0.2) is 12.7 Å². The minimum absolute atomic E-state index is 0.0629. The molecule has 2 unspecified atom stereocenters. The molecular weight excluding hydrogens is 240 g/mol. The Morgan fingerprint density at radius 3 is 2.71 bits per heavy atom. The molecule has 1 aliphatic rings. The molecule has 0 aliphatic carbocycles. The Morgan fingerprint density at radius 2 is 2.29 bits per heavy atom. The predicted octanol–water partition coefficient (Wildman–Crippen LogP) is -0.0746. The van der Waals surface area contributed by atoms with Crippen molar-refractivity contribution in [3.63, 3.8) is 0 Å². The van der Waals surface area contributed by atoms with Crippen LogP contribution in [0, 0.1) is 0 Å². The maximum atomic E-state index is 12.0. The molecule has 17 heavy (non-hydrogen) atoms. The van der Waals surface area contributed by atoms with E-state index in [2.05, 4.69) is 6.58 Å². The average molecular weight is 260 g/mol. The van der Waals surface area contributed by atoms with E-state index in [1.165, 1.54) is 0 Å². The fourth-order valence-corrected chi connectivity index (χ4v) is 3.84. The van der Waals surface area contributed by atoms with Crippen LogP contribution >= 0.6 is 0 Å². The van der Waals surface area contributed by atoms with Crippen LogP contribution in [0.2, 0.25) is 0 Å². The normalized spacial score (nSPS) is 24.2. The molecule has 1 rings (SSSR count). The van der Waals surface area contributed by atoms with Gasteiger partial charge in [-0.3, -0.25) is 4.79 Å². The Kier molecular flexibility index (Phi) is 4.70. The number of nitrogens with zero attached hydrogens (tertiary/aromatic N) is 1. The second-order valence-electron chi connectivity index (χ2n) is 4.31. The van der Waals surface area contributed by atoms with E-state index >= 15 is 0 Å². The van der Waals surface area contributed by atoms with Crippen molar-refractivity contribution in [3.05, 3.63) is 12.7 Å². The number of rotatable bonds is 5. The molecule has 1 amide bonds. The van der Waals surface area contributed by atoms with Crippen LogP contribution in [0.3, 0.4) is 0 Å². The molecule has 0 aromatic carbocycles. The summed E-state index contributed by atoms with van der Waals surface area (Å²) in [5.41, 5.74) is 5.73. The first-order valence-electron chi connectivity index (χ1n) is 5.78. The van der Waals surface area contributed by atoms with Gasteiger partial charge in [-0.2, -0.15) is 0 Å². The van der Waals surface area contributed by atoms with Gasteiger partial charge in [0.15, 0.2) is 9.84 Å².